The summed E-state index contributed by atoms with van der Waals surface area (Å²) in [5.74, 6) is 0.907. The molecule has 0 saturated carbocycles. The molecule has 4 nitrogen and oxygen atoms in total. The number of anilines is 1. The monoisotopic (exact) mass is 360 g/mol. The molecule has 1 aliphatic rings. The molecule has 2 N–H and O–H groups in total. The Morgan fingerprint density at radius 3 is 2.91 bits per heavy atom. The molecule has 0 spiro atoms. The average molecular weight is 361 g/mol. The number of hydrogen-bond donors (Lipinski definition) is 2. The summed E-state index contributed by atoms with van der Waals surface area (Å²) in [6, 6.07) is 13.4. The van der Waals surface area contributed by atoms with E-state index in [0.717, 1.165) is 33.5 Å². The fraction of sp³-hybridized carbons (Fsp3) is 0.235. The summed E-state index contributed by atoms with van der Waals surface area (Å²) in [4.78, 5) is 12.1. The van der Waals surface area contributed by atoms with Crippen LogP contribution in [0.5, 0.6) is 5.75 Å². The number of urea groups is 1. The van der Waals surface area contributed by atoms with E-state index >= 15 is 0 Å². The van der Waals surface area contributed by atoms with Crippen molar-refractivity contribution in [1.82, 2.24) is 5.32 Å². The second kappa shape index (κ2) is 6.40. The van der Waals surface area contributed by atoms with E-state index < -0.39 is 0 Å². The van der Waals surface area contributed by atoms with Gasteiger partial charge in [0.2, 0.25) is 0 Å². The molecule has 1 atom stereocenters. The predicted octanol–water partition coefficient (Wildman–Crippen LogP) is 3.88. The van der Waals surface area contributed by atoms with E-state index in [2.05, 4.69) is 26.6 Å². The Morgan fingerprint density at radius 2 is 2.09 bits per heavy atom. The summed E-state index contributed by atoms with van der Waals surface area (Å²) in [5.41, 5.74) is 2.97. The predicted molar refractivity (Wildman–Crippen MR) is 90.5 cm³/mol. The van der Waals surface area contributed by atoms with Crippen LogP contribution < -0.4 is 15.4 Å². The summed E-state index contributed by atoms with van der Waals surface area (Å²) in [5, 5.41) is 5.81. The van der Waals surface area contributed by atoms with Gasteiger partial charge in [-0.15, -0.1) is 0 Å². The van der Waals surface area contributed by atoms with Crippen LogP contribution in [-0.4, -0.2) is 18.7 Å². The first-order valence-corrected chi connectivity index (χ1v) is 7.95. The van der Waals surface area contributed by atoms with Crippen LogP contribution in [0.4, 0.5) is 10.5 Å². The van der Waals surface area contributed by atoms with E-state index in [0.29, 0.717) is 6.61 Å². The molecule has 1 heterocycles. The minimum atomic E-state index is -0.213. The molecule has 0 fully saturated rings. The van der Waals surface area contributed by atoms with Crippen LogP contribution in [0.2, 0.25) is 0 Å². The van der Waals surface area contributed by atoms with Gasteiger partial charge in [0, 0.05) is 10.2 Å². The van der Waals surface area contributed by atoms with Crippen molar-refractivity contribution in [3.05, 3.63) is 58.1 Å². The van der Waals surface area contributed by atoms with Gasteiger partial charge in [0.15, 0.2) is 0 Å². The molecule has 0 aromatic heterocycles. The SMILES string of the molecule is Cc1cc(NC(=O)N[C@H]2COc3ccccc3C2)ccc1Br. The highest BCUT2D eigenvalue weighted by molar-refractivity contribution is 9.10. The molecule has 0 saturated heterocycles. The third-order valence-electron chi connectivity index (χ3n) is 3.63. The number of carbonyl (C=O) groups excluding carboxylic acids is 1. The van der Waals surface area contributed by atoms with E-state index in [-0.39, 0.29) is 12.1 Å². The molecule has 22 heavy (non-hydrogen) atoms. The second-order valence-corrected chi connectivity index (χ2v) is 6.24. The smallest absolute Gasteiger partial charge is 0.319 e. The van der Waals surface area contributed by atoms with Crippen LogP contribution in [0.15, 0.2) is 46.9 Å². The van der Waals surface area contributed by atoms with Crippen LogP contribution in [0.25, 0.3) is 0 Å². The minimum absolute atomic E-state index is 0.0218. The highest BCUT2D eigenvalue weighted by atomic mass is 79.9. The van der Waals surface area contributed by atoms with Crippen molar-refractivity contribution in [2.45, 2.75) is 19.4 Å². The number of aryl methyl sites for hydroxylation is 1. The quantitative estimate of drug-likeness (QED) is 0.853. The Balaban J connectivity index is 1.59. The van der Waals surface area contributed by atoms with Gasteiger partial charge in [0.25, 0.3) is 0 Å². The second-order valence-electron chi connectivity index (χ2n) is 5.38. The van der Waals surface area contributed by atoms with Crippen LogP contribution in [-0.2, 0) is 6.42 Å². The molecule has 2 amide bonds. The van der Waals surface area contributed by atoms with E-state index in [4.69, 9.17) is 4.74 Å². The van der Waals surface area contributed by atoms with Gasteiger partial charge >= 0.3 is 6.03 Å². The minimum Gasteiger partial charge on any atom is -0.491 e. The number of rotatable bonds is 2. The van der Waals surface area contributed by atoms with Gasteiger partial charge in [-0.25, -0.2) is 4.79 Å². The van der Waals surface area contributed by atoms with Crippen molar-refractivity contribution in [1.29, 1.82) is 0 Å². The van der Waals surface area contributed by atoms with E-state index in [1.807, 2.05) is 49.4 Å². The zero-order valence-electron chi connectivity index (χ0n) is 12.2. The summed E-state index contributed by atoms with van der Waals surface area (Å²) in [6.07, 6.45) is 0.781. The Labute approximate surface area is 138 Å². The standard InChI is InChI=1S/C17H17BrN2O2/c1-11-8-13(6-7-15(11)18)19-17(21)20-14-9-12-4-2-3-5-16(12)22-10-14/h2-8,14H,9-10H2,1H3,(H2,19,20,21)/t14-/m1/s1. The molecule has 0 aliphatic carbocycles. The zero-order valence-corrected chi connectivity index (χ0v) is 13.8. The maximum atomic E-state index is 12.1. The number of fused-ring (bicyclic) bond motifs is 1. The third kappa shape index (κ3) is 3.42. The molecular formula is C17H17BrN2O2. The summed E-state index contributed by atoms with van der Waals surface area (Å²) in [7, 11) is 0. The molecule has 3 rings (SSSR count). The lowest BCUT2D eigenvalue weighted by molar-refractivity contribution is 0.222. The summed E-state index contributed by atoms with van der Waals surface area (Å²) >= 11 is 3.45. The van der Waals surface area contributed by atoms with Crippen molar-refractivity contribution < 1.29 is 9.53 Å². The molecule has 5 heteroatoms. The first-order chi connectivity index (χ1) is 10.6. The molecule has 2 aromatic rings. The first-order valence-electron chi connectivity index (χ1n) is 7.16. The molecule has 0 unspecified atom stereocenters. The molecule has 114 valence electrons. The normalized spacial score (nSPS) is 16.4. The Kier molecular flexibility index (Phi) is 4.34. The van der Waals surface area contributed by atoms with Gasteiger partial charge in [-0.05, 0) is 48.7 Å². The number of para-hydroxylation sites is 1. The molecule has 0 radical (unpaired) electrons. The fourth-order valence-corrected chi connectivity index (χ4v) is 2.74. The topological polar surface area (TPSA) is 50.4 Å². The molecule has 0 bridgehead atoms. The average Bonchev–Trinajstić information content (AvgIpc) is 2.51. The molecular weight excluding hydrogens is 344 g/mol. The largest absolute Gasteiger partial charge is 0.491 e. The maximum absolute atomic E-state index is 12.1. The van der Waals surface area contributed by atoms with Gasteiger partial charge in [-0.3, -0.25) is 0 Å². The Hall–Kier alpha value is -2.01. The zero-order chi connectivity index (χ0) is 15.5. The lowest BCUT2D eigenvalue weighted by Crippen LogP contribution is -2.44. The van der Waals surface area contributed by atoms with Crippen LogP contribution in [0, 0.1) is 6.92 Å². The Bertz CT molecular complexity index is 703. The van der Waals surface area contributed by atoms with E-state index in [1.54, 1.807) is 0 Å². The number of ether oxygens (including phenoxy) is 1. The lowest BCUT2D eigenvalue weighted by atomic mass is 10.0. The maximum Gasteiger partial charge on any atom is 0.319 e. The molecule has 2 aromatic carbocycles. The highest BCUT2D eigenvalue weighted by Crippen LogP contribution is 2.24. The van der Waals surface area contributed by atoms with Crippen molar-refractivity contribution in [2.24, 2.45) is 0 Å². The van der Waals surface area contributed by atoms with Gasteiger partial charge in [0.1, 0.15) is 12.4 Å². The lowest BCUT2D eigenvalue weighted by Gasteiger charge is -2.26. The third-order valence-corrected chi connectivity index (χ3v) is 4.52. The van der Waals surface area contributed by atoms with Crippen LogP contribution in [0.3, 0.4) is 0 Å². The number of hydrogen-bond acceptors (Lipinski definition) is 2. The Morgan fingerprint density at radius 1 is 1.27 bits per heavy atom. The highest BCUT2D eigenvalue weighted by Gasteiger charge is 2.21. The number of halogens is 1. The molecule has 1 aliphatic heterocycles. The number of nitrogens with one attached hydrogen (secondary N) is 2. The van der Waals surface area contributed by atoms with E-state index in [1.165, 1.54) is 0 Å². The van der Waals surface area contributed by atoms with Gasteiger partial charge in [0.05, 0.1) is 6.04 Å². The van der Waals surface area contributed by atoms with Crippen LogP contribution in [0.1, 0.15) is 11.1 Å². The van der Waals surface area contributed by atoms with Crippen molar-refractivity contribution >= 4 is 27.6 Å². The van der Waals surface area contributed by atoms with Crippen LogP contribution >= 0.6 is 15.9 Å². The van der Waals surface area contributed by atoms with Gasteiger partial charge < -0.3 is 15.4 Å². The first kappa shape index (κ1) is 14.9. The summed E-state index contributed by atoms with van der Waals surface area (Å²) in [6.45, 7) is 2.48. The van der Waals surface area contributed by atoms with E-state index in [9.17, 15) is 4.79 Å². The number of carbonyl (C=O) groups is 1. The summed E-state index contributed by atoms with van der Waals surface area (Å²) < 4.78 is 6.70. The van der Waals surface area contributed by atoms with Crippen molar-refractivity contribution in [2.75, 3.05) is 11.9 Å². The van der Waals surface area contributed by atoms with Gasteiger partial charge in [-0.1, -0.05) is 34.1 Å². The number of benzene rings is 2. The fourth-order valence-electron chi connectivity index (χ4n) is 2.50. The van der Waals surface area contributed by atoms with Crippen molar-refractivity contribution in [3.8, 4) is 5.75 Å². The van der Waals surface area contributed by atoms with Crippen molar-refractivity contribution in [3.63, 3.8) is 0 Å². The number of amides is 2. The van der Waals surface area contributed by atoms with Gasteiger partial charge in [-0.2, -0.15) is 0 Å².